The molecule has 0 bridgehead atoms. The Morgan fingerprint density at radius 3 is 2.55 bits per heavy atom. The molecule has 9 nitrogen and oxygen atoms in total. The molecular formula is C34H37N5O4S. The number of hydrogen-bond donors (Lipinski definition) is 0. The summed E-state index contributed by atoms with van der Waals surface area (Å²) in [4.78, 5) is 30.0. The predicted octanol–water partition coefficient (Wildman–Crippen LogP) is 5.53. The lowest BCUT2D eigenvalue weighted by atomic mass is 10.1. The zero-order valence-electron chi connectivity index (χ0n) is 25.1. The summed E-state index contributed by atoms with van der Waals surface area (Å²) < 4.78 is 13.0. The van der Waals surface area contributed by atoms with Crippen molar-refractivity contribution in [3.05, 3.63) is 95.3 Å². The quantitative estimate of drug-likeness (QED) is 0.172. The van der Waals surface area contributed by atoms with Crippen molar-refractivity contribution in [2.45, 2.75) is 50.7 Å². The van der Waals surface area contributed by atoms with Gasteiger partial charge in [0.1, 0.15) is 5.82 Å². The Morgan fingerprint density at radius 2 is 1.73 bits per heavy atom. The largest absolute Gasteiger partial charge is 0.454 e. The lowest BCUT2D eigenvalue weighted by Crippen LogP contribution is -2.55. The summed E-state index contributed by atoms with van der Waals surface area (Å²) in [5.74, 6) is 3.10. The molecule has 1 unspecified atom stereocenters. The second-order valence-electron chi connectivity index (χ2n) is 11.2. The number of thioether (sulfide) groups is 1. The summed E-state index contributed by atoms with van der Waals surface area (Å²) >= 11 is 1.68. The fourth-order valence-corrected chi connectivity index (χ4v) is 6.69. The smallest absolute Gasteiger partial charge is 0.254 e. The van der Waals surface area contributed by atoms with E-state index in [2.05, 4.69) is 46.0 Å². The predicted molar refractivity (Wildman–Crippen MR) is 170 cm³/mol. The highest BCUT2D eigenvalue weighted by Crippen LogP contribution is 2.33. The summed E-state index contributed by atoms with van der Waals surface area (Å²) in [5.41, 5.74) is 4.02. The Balaban J connectivity index is 0.997. The number of nitrogens with zero attached hydrogens (tertiary/aromatic N) is 5. The van der Waals surface area contributed by atoms with Crippen LogP contribution in [0.2, 0.25) is 0 Å². The van der Waals surface area contributed by atoms with E-state index in [-0.39, 0.29) is 24.6 Å². The van der Waals surface area contributed by atoms with E-state index in [4.69, 9.17) is 9.47 Å². The van der Waals surface area contributed by atoms with Crippen molar-refractivity contribution in [2.24, 2.45) is 0 Å². The Kier molecular flexibility index (Phi) is 9.16. The monoisotopic (exact) mass is 611 g/mol. The number of unbranched alkanes of at least 4 members (excludes halogenated alkanes) is 1. The maximum Gasteiger partial charge on any atom is 0.254 e. The number of carbonyl (C=O) groups excluding carboxylic acids is 2. The lowest BCUT2D eigenvalue weighted by molar-refractivity contribution is -0.133. The molecule has 1 atom stereocenters. The molecule has 2 amide bonds. The fourth-order valence-electron chi connectivity index (χ4n) is 5.72. The molecule has 1 fully saturated rings. The van der Waals surface area contributed by atoms with E-state index >= 15 is 0 Å². The number of aryl methyl sites for hydroxylation is 1. The average Bonchev–Trinajstić information content (AvgIpc) is 3.67. The summed E-state index contributed by atoms with van der Waals surface area (Å²) in [6.07, 6.45) is 2.88. The van der Waals surface area contributed by atoms with Crippen LogP contribution in [0, 0.1) is 6.92 Å². The van der Waals surface area contributed by atoms with Gasteiger partial charge in [-0.2, -0.15) is 0 Å². The number of benzene rings is 3. The van der Waals surface area contributed by atoms with Crippen molar-refractivity contribution in [2.75, 3.05) is 32.2 Å². The van der Waals surface area contributed by atoms with Gasteiger partial charge in [0.15, 0.2) is 16.7 Å². The minimum Gasteiger partial charge on any atom is -0.454 e. The summed E-state index contributed by atoms with van der Waals surface area (Å²) in [5, 5.41) is 10.00. The van der Waals surface area contributed by atoms with Gasteiger partial charge in [0, 0.05) is 49.8 Å². The van der Waals surface area contributed by atoms with Gasteiger partial charge in [0.05, 0.1) is 5.69 Å². The van der Waals surface area contributed by atoms with E-state index < -0.39 is 0 Å². The fraction of sp³-hybridized carbons (Fsp3) is 0.353. The van der Waals surface area contributed by atoms with E-state index in [0.717, 1.165) is 35.3 Å². The minimum absolute atomic E-state index is 0.0506. The van der Waals surface area contributed by atoms with Gasteiger partial charge in [-0.3, -0.25) is 14.2 Å². The number of amides is 2. The van der Waals surface area contributed by atoms with Crippen LogP contribution in [0.1, 0.15) is 53.5 Å². The lowest BCUT2D eigenvalue weighted by Gasteiger charge is -2.40. The second-order valence-corrected chi connectivity index (χ2v) is 12.3. The van der Waals surface area contributed by atoms with Crippen LogP contribution in [0.3, 0.4) is 0 Å². The highest BCUT2D eigenvalue weighted by atomic mass is 32.2. The van der Waals surface area contributed by atoms with E-state index in [9.17, 15) is 9.59 Å². The topological polar surface area (TPSA) is 89.8 Å². The molecule has 1 aromatic heterocycles. The maximum atomic E-state index is 13.2. The molecule has 2 aliphatic rings. The van der Waals surface area contributed by atoms with Crippen LogP contribution in [0.25, 0.3) is 5.69 Å². The van der Waals surface area contributed by atoms with Gasteiger partial charge in [0.25, 0.3) is 5.91 Å². The first-order valence-corrected chi connectivity index (χ1v) is 16.1. The molecule has 4 aromatic rings. The van der Waals surface area contributed by atoms with Gasteiger partial charge in [-0.05, 0) is 62.1 Å². The number of piperazine rings is 1. The van der Waals surface area contributed by atoms with Gasteiger partial charge in [-0.25, -0.2) is 0 Å². The molecule has 3 heterocycles. The van der Waals surface area contributed by atoms with Gasteiger partial charge < -0.3 is 19.3 Å². The van der Waals surface area contributed by atoms with Crippen LogP contribution in [-0.2, 0) is 11.2 Å². The van der Waals surface area contributed by atoms with Crippen LogP contribution in [0.4, 0.5) is 0 Å². The number of ether oxygens (including phenoxy) is 2. The first kappa shape index (κ1) is 29.7. The number of hydrogen-bond acceptors (Lipinski definition) is 7. The van der Waals surface area contributed by atoms with E-state index in [1.807, 2.05) is 47.1 Å². The summed E-state index contributed by atoms with van der Waals surface area (Å²) in [6.45, 7) is 5.86. The molecule has 0 radical (unpaired) electrons. The molecule has 44 heavy (non-hydrogen) atoms. The van der Waals surface area contributed by atoms with Crippen molar-refractivity contribution >= 4 is 23.6 Å². The maximum absolute atomic E-state index is 13.2. The SMILES string of the molecule is Cc1ccccc1-n1c(Cc2ccccc2)nnc1SCCCCC(=O)N1CCN(C(=O)c2ccc3c(c2)OCO3)C(C)C1. The van der Waals surface area contributed by atoms with Crippen LogP contribution in [0.15, 0.2) is 78.0 Å². The van der Waals surface area contributed by atoms with Gasteiger partial charge in [0.2, 0.25) is 12.7 Å². The number of fused-ring (bicyclic) bond motifs is 1. The van der Waals surface area contributed by atoms with Gasteiger partial charge in [-0.15, -0.1) is 10.2 Å². The zero-order chi connectivity index (χ0) is 30.5. The van der Waals surface area contributed by atoms with Crippen LogP contribution in [0.5, 0.6) is 11.5 Å². The number of rotatable bonds is 10. The third kappa shape index (κ3) is 6.60. The highest BCUT2D eigenvalue weighted by molar-refractivity contribution is 7.99. The Morgan fingerprint density at radius 1 is 0.932 bits per heavy atom. The molecule has 10 heteroatoms. The van der Waals surface area contributed by atoms with E-state index in [0.29, 0.717) is 49.5 Å². The molecule has 6 rings (SSSR count). The first-order valence-electron chi connectivity index (χ1n) is 15.1. The molecule has 0 spiro atoms. The molecule has 228 valence electrons. The van der Waals surface area contributed by atoms with Crippen molar-refractivity contribution in [1.82, 2.24) is 24.6 Å². The van der Waals surface area contributed by atoms with Gasteiger partial charge in [-0.1, -0.05) is 60.3 Å². The molecule has 3 aromatic carbocycles. The van der Waals surface area contributed by atoms with Crippen LogP contribution >= 0.6 is 11.8 Å². The Bertz CT molecular complexity index is 1630. The first-order chi connectivity index (χ1) is 21.5. The third-order valence-corrected chi connectivity index (χ3v) is 9.15. The number of aromatic nitrogens is 3. The van der Waals surface area contributed by atoms with Crippen molar-refractivity contribution < 1.29 is 19.1 Å². The Labute approximate surface area is 262 Å². The standard InChI is InChI=1S/C34H37N5O4S/c1-24-10-6-7-13-28(24)39-31(20-26-11-4-3-5-12-26)35-36-34(39)44-19-9-8-14-32(40)37-17-18-38(25(2)22-37)33(41)27-15-16-29-30(21-27)43-23-42-29/h3-7,10-13,15-16,21,25H,8-9,14,17-20,22-23H2,1-2H3. The third-order valence-electron chi connectivity index (χ3n) is 8.14. The minimum atomic E-state index is -0.0703. The second kappa shape index (κ2) is 13.5. The van der Waals surface area contributed by atoms with Gasteiger partial charge >= 0.3 is 0 Å². The molecule has 1 saturated heterocycles. The zero-order valence-corrected chi connectivity index (χ0v) is 26.0. The van der Waals surface area contributed by atoms with Crippen molar-refractivity contribution in [1.29, 1.82) is 0 Å². The summed E-state index contributed by atoms with van der Waals surface area (Å²) in [7, 11) is 0. The summed E-state index contributed by atoms with van der Waals surface area (Å²) in [6, 6.07) is 23.8. The van der Waals surface area contributed by atoms with Crippen LogP contribution < -0.4 is 9.47 Å². The van der Waals surface area contributed by atoms with Crippen LogP contribution in [-0.4, -0.2) is 74.6 Å². The highest BCUT2D eigenvalue weighted by Gasteiger charge is 2.31. The van der Waals surface area contributed by atoms with Crippen molar-refractivity contribution in [3.8, 4) is 17.2 Å². The molecule has 0 saturated carbocycles. The molecule has 2 aliphatic heterocycles. The number of carbonyl (C=O) groups is 2. The number of para-hydroxylation sites is 1. The molecular weight excluding hydrogens is 574 g/mol. The van der Waals surface area contributed by atoms with E-state index in [1.165, 1.54) is 11.1 Å². The average molecular weight is 612 g/mol. The molecule has 0 N–H and O–H groups in total. The van der Waals surface area contributed by atoms with E-state index in [1.54, 1.807) is 30.0 Å². The normalized spacial score (nSPS) is 15.9. The van der Waals surface area contributed by atoms with Crippen molar-refractivity contribution in [3.63, 3.8) is 0 Å². The molecule has 0 aliphatic carbocycles. The Hall–Kier alpha value is -4.31.